The second-order valence-corrected chi connectivity index (χ2v) is 6.87. The molecule has 0 N–H and O–H groups in total. The number of benzene rings is 1. The van der Waals surface area contributed by atoms with E-state index in [1.54, 1.807) is 0 Å². The second-order valence-electron chi connectivity index (χ2n) is 5.48. The van der Waals surface area contributed by atoms with Crippen molar-refractivity contribution in [2.45, 2.75) is 58.9 Å². The van der Waals surface area contributed by atoms with Crippen LogP contribution in [0.3, 0.4) is 0 Å². The average Bonchev–Trinajstić information content (AvgIpc) is 2.57. The predicted molar refractivity (Wildman–Crippen MR) is 96.8 cm³/mol. The Balaban J connectivity index is 2.86. The van der Waals surface area contributed by atoms with Crippen LogP contribution in [0.1, 0.15) is 51.2 Å². The Morgan fingerprint density at radius 3 is 2.17 bits per heavy atom. The number of rotatable bonds is 11. The molecule has 1 aromatic carbocycles. The molecular weight excluding hydrogens is 320 g/mol. The van der Waals surface area contributed by atoms with Crippen LogP contribution < -0.4 is 5.19 Å². The minimum Gasteiger partial charge on any atom is -0.466 e. The van der Waals surface area contributed by atoms with Gasteiger partial charge in [-0.25, -0.2) is 0 Å². The van der Waals surface area contributed by atoms with Gasteiger partial charge in [0.25, 0.3) is 0 Å². The fourth-order valence-corrected chi connectivity index (χ4v) is 3.75. The van der Waals surface area contributed by atoms with Crippen LogP contribution >= 0.6 is 0 Å². The highest BCUT2D eigenvalue weighted by Gasteiger charge is 2.13. The first kappa shape index (κ1) is 20.4. The fraction of sp³-hybridized carbons (Fsp3) is 0.579. The lowest BCUT2D eigenvalue weighted by atomic mass is 9.99. The van der Waals surface area contributed by atoms with E-state index in [2.05, 4.69) is 19.1 Å². The summed E-state index contributed by atoms with van der Waals surface area (Å²) in [5.41, 5.74) is 2.36. The van der Waals surface area contributed by atoms with Gasteiger partial charge in [-0.3, -0.25) is 9.59 Å². The van der Waals surface area contributed by atoms with Gasteiger partial charge >= 0.3 is 11.9 Å². The van der Waals surface area contributed by atoms with E-state index < -0.39 is 0 Å². The van der Waals surface area contributed by atoms with Gasteiger partial charge < -0.3 is 9.47 Å². The smallest absolute Gasteiger partial charge is 0.306 e. The van der Waals surface area contributed by atoms with Crippen LogP contribution in [0.15, 0.2) is 18.2 Å². The highest BCUT2D eigenvalue weighted by atomic mass is 28.2. The molecule has 0 spiro atoms. The van der Waals surface area contributed by atoms with Crippen molar-refractivity contribution < 1.29 is 19.1 Å². The van der Waals surface area contributed by atoms with Gasteiger partial charge in [-0.15, -0.1) is 0 Å². The van der Waals surface area contributed by atoms with Gasteiger partial charge in [-0.2, -0.15) is 0 Å². The predicted octanol–water partition coefficient (Wildman–Crippen LogP) is 2.84. The third-order valence-corrected chi connectivity index (χ3v) is 5.23. The van der Waals surface area contributed by atoms with Crippen molar-refractivity contribution in [2.24, 2.45) is 0 Å². The van der Waals surface area contributed by atoms with Crippen LogP contribution in [0.5, 0.6) is 0 Å². The van der Waals surface area contributed by atoms with Crippen LogP contribution in [-0.4, -0.2) is 34.7 Å². The van der Waals surface area contributed by atoms with Crippen molar-refractivity contribution in [3.8, 4) is 0 Å². The molecule has 0 saturated heterocycles. The van der Waals surface area contributed by atoms with Gasteiger partial charge in [-0.1, -0.05) is 42.8 Å². The molecule has 0 aliphatic rings. The van der Waals surface area contributed by atoms with E-state index in [0.29, 0.717) is 38.9 Å². The molecule has 0 aliphatic carbocycles. The molecule has 0 saturated carbocycles. The van der Waals surface area contributed by atoms with Crippen molar-refractivity contribution >= 4 is 26.6 Å². The highest BCUT2D eigenvalue weighted by Crippen LogP contribution is 2.13. The number of hydrogen-bond acceptors (Lipinski definition) is 4. The zero-order valence-electron chi connectivity index (χ0n) is 15.0. The zero-order valence-corrected chi connectivity index (χ0v) is 16.0. The Kier molecular flexibility index (Phi) is 10.1. The topological polar surface area (TPSA) is 52.6 Å². The number of aryl methyl sites for hydroxylation is 1. The van der Waals surface area contributed by atoms with Crippen molar-refractivity contribution in [3.63, 3.8) is 0 Å². The Labute approximate surface area is 147 Å². The Hall–Kier alpha value is -1.62. The maximum atomic E-state index is 11.7. The summed E-state index contributed by atoms with van der Waals surface area (Å²) in [6, 6.07) is 7.39. The molecule has 4 nitrogen and oxygen atoms in total. The van der Waals surface area contributed by atoms with Gasteiger partial charge in [-0.05, 0) is 37.8 Å². The molecule has 0 heterocycles. The van der Waals surface area contributed by atoms with Crippen LogP contribution in [-0.2, 0) is 31.9 Å². The lowest BCUT2D eigenvalue weighted by molar-refractivity contribution is -0.144. The summed E-state index contributed by atoms with van der Waals surface area (Å²) in [6.45, 7) is 6.63. The number of esters is 2. The fourth-order valence-electron chi connectivity index (χ4n) is 2.52. The maximum Gasteiger partial charge on any atom is 0.306 e. The first-order valence-corrected chi connectivity index (χ1v) is 9.98. The van der Waals surface area contributed by atoms with Crippen molar-refractivity contribution in [3.05, 3.63) is 29.3 Å². The number of carbonyl (C=O) groups excluding carboxylic acids is 2. The SMILES string of the molecule is CCC[Si]c1cccc(CCC(=O)OCC)c1CCC(=O)OCC. The Bertz CT molecular complexity index is 528. The summed E-state index contributed by atoms with van der Waals surface area (Å²) in [5.74, 6) is -0.335. The van der Waals surface area contributed by atoms with E-state index in [9.17, 15) is 9.59 Å². The van der Waals surface area contributed by atoms with Gasteiger partial charge in [0.15, 0.2) is 0 Å². The lowest BCUT2D eigenvalue weighted by Gasteiger charge is -2.14. The summed E-state index contributed by atoms with van der Waals surface area (Å²) in [6.07, 6.45) is 3.22. The lowest BCUT2D eigenvalue weighted by Crippen LogP contribution is -2.22. The Morgan fingerprint density at radius 1 is 0.958 bits per heavy atom. The third kappa shape index (κ3) is 7.30. The van der Waals surface area contributed by atoms with E-state index in [1.807, 2.05) is 19.9 Å². The normalized spacial score (nSPS) is 10.5. The first-order chi connectivity index (χ1) is 11.6. The minimum absolute atomic E-state index is 0.164. The largest absolute Gasteiger partial charge is 0.466 e. The summed E-state index contributed by atoms with van der Waals surface area (Å²) in [5, 5.41) is 1.31. The van der Waals surface area contributed by atoms with Gasteiger partial charge in [0.05, 0.1) is 22.7 Å². The maximum absolute atomic E-state index is 11.7. The standard InChI is InChI=1S/C19H28O4Si/c1-4-14-24-17-9-7-8-15(10-12-18(20)22-5-2)16(17)11-13-19(21)23-6-3/h7-9H,4-6,10-14H2,1-3H3. The molecule has 0 unspecified atom stereocenters. The molecule has 0 fully saturated rings. The number of hydrogen-bond donors (Lipinski definition) is 0. The summed E-state index contributed by atoms with van der Waals surface area (Å²) in [4.78, 5) is 23.4. The molecule has 132 valence electrons. The van der Waals surface area contributed by atoms with Gasteiger partial charge in [0.2, 0.25) is 0 Å². The molecule has 1 aromatic rings. The molecule has 0 aromatic heterocycles. The monoisotopic (exact) mass is 348 g/mol. The van der Waals surface area contributed by atoms with Crippen LogP contribution in [0.2, 0.25) is 6.04 Å². The quantitative estimate of drug-likeness (QED) is 0.456. The molecule has 0 bridgehead atoms. The molecule has 5 heteroatoms. The molecular formula is C19H28O4Si. The summed E-state index contributed by atoms with van der Waals surface area (Å²) < 4.78 is 10.1. The average molecular weight is 349 g/mol. The molecule has 1 rings (SSSR count). The van der Waals surface area contributed by atoms with Crippen LogP contribution in [0.25, 0.3) is 0 Å². The highest BCUT2D eigenvalue weighted by molar-refractivity contribution is 6.54. The van der Waals surface area contributed by atoms with E-state index in [0.717, 1.165) is 27.5 Å². The van der Waals surface area contributed by atoms with Crippen molar-refractivity contribution in [1.29, 1.82) is 0 Å². The number of ether oxygens (including phenoxy) is 2. The molecule has 0 aliphatic heterocycles. The van der Waals surface area contributed by atoms with E-state index >= 15 is 0 Å². The minimum atomic E-state index is -0.171. The Morgan fingerprint density at radius 2 is 1.58 bits per heavy atom. The summed E-state index contributed by atoms with van der Waals surface area (Å²) >= 11 is 0. The number of carbonyl (C=O) groups is 2. The zero-order chi connectivity index (χ0) is 17.8. The third-order valence-electron chi connectivity index (χ3n) is 3.63. The van der Waals surface area contributed by atoms with Crippen molar-refractivity contribution in [1.82, 2.24) is 0 Å². The molecule has 0 atom stereocenters. The second kappa shape index (κ2) is 11.8. The van der Waals surface area contributed by atoms with Crippen molar-refractivity contribution in [2.75, 3.05) is 13.2 Å². The molecule has 2 radical (unpaired) electrons. The van der Waals surface area contributed by atoms with Gasteiger partial charge in [0, 0.05) is 12.8 Å². The van der Waals surface area contributed by atoms with E-state index in [1.165, 1.54) is 10.8 Å². The molecule has 0 amide bonds. The van der Waals surface area contributed by atoms with Crippen LogP contribution in [0.4, 0.5) is 0 Å². The summed E-state index contributed by atoms with van der Waals surface area (Å²) in [7, 11) is 0.735. The molecule has 24 heavy (non-hydrogen) atoms. The van der Waals surface area contributed by atoms with E-state index in [4.69, 9.17) is 9.47 Å². The van der Waals surface area contributed by atoms with Crippen LogP contribution in [0, 0.1) is 0 Å². The van der Waals surface area contributed by atoms with Gasteiger partial charge in [0.1, 0.15) is 0 Å². The first-order valence-electron chi connectivity index (χ1n) is 8.78. The van der Waals surface area contributed by atoms with E-state index in [-0.39, 0.29) is 11.9 Å².